The van der Waals surface area contributed by atoms with E-state index in [4.69, 9.17) is 4.74 Å². The molecule has 26 heavy (non-hydrogen) atoms. The Hall–Kier alpha value is -3.03. The first-order chi connectivity index (χ1) is 12.3. The minimum absolute atomic E-state index is 0.00193. The van der Waals surface area contributed by atoms with E-state index in [1.807, 2.05) is 0 Å². The van der Waals surface area contributed by atoms with Crippen molar-refractivity contribution in [1.29, 1.82) is 0 Å². The van der Waals surface area contributed by atoms with Gasteiger partial charge < -0.3 is 14.8 Å². The Kier molecular flexibility index (Phi) is 6.21. The van der Waals surface area contributed by atoms with Crippen molar-refractivity contribution >= 4 is 17.6 Å². The van der Waals surface area contributed by atoms with E-state index in [1.54, 1.807) is 6.92 Å². The Balaban J connectivity index is 2.03. The summed E-state index contributed by atoms with van der Waals surface area (Å²) in [7, 11) is 0. The van der Waals surface area contributed by atoms with Gasteiger partial charge in [0.15, 0.2) is 6.10 Å². The number of hydrogen-bond donors (Lipinski definition) is 1. The molecule has 0 radical (unpaired) electrons. The van der Waals surface area contributed by atoms with Gasteiger partial charge in [-0.2, -0.15) is 8.78 Å². The fourth-order valence-corrected chi connectivity index (χ4v) is 2.00. The molecule has 2 aromatic carbocycles. The summed E-state index contributed by atoms with van der Waals surface area (Å²) in [6.45, 7) is -0.215. The highest BCUT2D eigenvalue weighted by Gasteiger charge is 2.21. The highest BCUT2D eigenvalue weighted by molar-refractivity contribution is 5.98. The number of benzene rings is 2. The van der Waals surface area contributed by atoms with Crippen LogP contribution in [0.1, 0.15) is 22.8 Å². The van der Waals surface area contributed by atoms with Crippen molar-refractivity contribution in [2.45, 2.75) is 26.6 Å². The van der Waals surface area contributed by atoms with E-state index >= 15 is 0 Å². The number of rotatable bonds is 6. The van der Waals surface area contributed by atoms with E-state index in [9.17, 15) is 22.8 Å². The van der Waals surface area contributed by atoms with Crippen LogP contribution in [0.2, 0.25) is 0 Å². The molecule has 1 amide bonds. The monoisotopic (exact) mass is 367 g/mol. The van der Waals surface area contributed by atoms with Crippen LogP contribution in [0.5, 0.6) is 5.75 Å². The van der Waals surface area contributed by atoms with Crippen LogP contribution >= 0.6 is 0 Å². The minimum atomic E-state index is -3.06. The van der Waals surface area contributed by atoms with Gasteiger partial charge in [0, 0.05) is 0 Å². The predicted octanol–water partition coefficient (Wildman–Crippen LogP) is 3.92. The van der Waals surface area contributed by atoms with E-state index in [-0.39, 0.29) is 17.0 Å². The summed E-state index contributed by atoms with van der Waals surface area (Å²) in [6.07, 6.45) is -1.24. The number of nitrogens with one attached hydrogen (secondary N) is 1. The number of carbonyl (C=O) groups excluding carboxylic acids is 2. The normalized spacial score (nSPS) is 11.8. The number of ether oxygens (including phenoxy) is 2. The van der Waals surface area contributed by atoms with E-state index in [0.717, 1.165) is 6.07 Å². The first-order valence-electron chi connectivity index (χ1n) is 7.59. The molecule has 0 spiro atoms. The van der Waals surface area contributed by atoms with Gasteiger partial charge in [-0.05, 0) is 43.7 Å². The lowest BCUT2D eigenvalue weighted by molar-refractivity contribution is -0.123. The number of esters is 1. The second-order valence-corrected chi connectivity index (χ2v) is 5.38. The maximum atomic E-state index is 13.5. The van der Waals surface area contributed by atoms with Crippen LogP contribution < -0.4 is 10.1 Å². The largest absolute Gasteiger partial charge is 0.449 e. The third-order valence-corrected chi connectivity index (χ3v) is 3.42. The number of hydrogen-bond acceptors (Lipinski definition) is 4. The molecule has 0 aliphatic carbocycles. The molecule has 0 aliphatic heterocycles. The van der Waals surface area contributed by atoms with Crippen LogP contribution in [-0.4, -0.2) is 24.6 Å². The zero-order chi connectivity index (χ0) is 19.3. The van der Waals surface area contributed by atoms with Crippen LogP contribution in [0.3, 0.4) is 0 Å². The molecule has 0 aromatic heterocycles. The quantitative estimate of drug-likeness (QED) is 0.786. The molecule has 0 fully saturated rings. The lowest BCUT2D eigenvalue weighted by Gasteiger charge is -2.16. The Labute approximate surface area is 147 Å². The summed E-state index contributed by atoms with van der Waals surface area (Å²) in [5, 5.41) is 2.34. The summed E-state index contributed by atoms with van der Waals surface area (Å²) in [4.78, 5) is 24.1. The standard InChI is InChI=1S/C18H16F3NO4/c1-10-7-8-12(9-13(10)19)17(24)25-11(2)16(23)22-14-5-3-4-6-15(14)26-18(20)21/h3-9,11,18H,1-2H3,(H,22,23)/t11-/m0/s1. The minimum Gasteiger partial charge on any atom is -0.449 e. The van der Waals surface area contributed by atoms with Gasteiger partial charge >= 0.3 is 12.6 Å². The van der Waals surface area contributed by atoms with E-state index in [1.165, 1.54) is 43.3 Å². The summed E-state index contributed by atoms with van der Waals surface area (Å²) >= 11 is 0. The SMILES string of the molecule is Cc1ccc(C(=O)O[C@@H](C)C(=O)Nc2ccccc2OC(F)F)cc1F. The van der Waals surface area contributed by atoms with Crippen molar-refractivity contribution < 1.29 is 32.2 Å². The van der Waals surface area contributed by atoms with E-state index in [0.29, 0.717) is 5.56 Å². The van der Waals surface area contributed by atoms with Crippen LogP contribution in [0.4, 0.5) is 18.9 Å². The molecule has 0 saturated carbocycles. The number of carbonyl (C=O) groups is 2. The third kappa shape index (κ3) is 4.98. The van der Waals surface area contributed by atoms with Crippen molar-refractivity contribution in [1.82, 2.24) is 0 Å². The van der Waals surface area contributed by atoms with Gasteiger partial charge in [-0.1, -0.05) is 18.2 Å². The number of alkyl halides is 2. The van der Waals surface area contributed by atoms with Crippen LogP contribution in [-0.2, 0) is 9.53 Å². The summed E-state index contributed by atoms with van der Waals surface area (Å²) in [6, 6.07) is 9.38. The zero-order valence-corrected chi connectivity index (χ0v) is 14.0. The average Bonchev–Trinajstić information content (AvgIpc) is 2.58. The first kappa shape index (κ1) is 19.3. The molecule has 0 heterocycles. The van der Waals surface area contributed by atoms with E-state index < -0.39 is 30.4 Å². The van der Waals surface area contributed by atoms with Gasteiger partial charge in [-0.3, -0.25) is 4.79 Å². The van der Waals surface area contributed by atoms with Crippen molar-refractivity contribution in [2.75, 3.05) is 5.32 Å². The average molecular weight is 367 g/mol. The Morgan fingerprint density at radius 2 is 1.81 bits per heavy atom. The molecule has 0 bridgehead atoms. The zero-order valence-electron chi connectivity index (χ0n) is 14.0. The number of amides is 1. The number of aryl methyl sites for hydroxylation is 1. The topological polar surface area (TPSA) is 64.6 Å². The van der Waals surface area contributed by atoms with Crippen molar-refractivity contribution in [3.63, 3.8) is 0 Å². The van der Waals surface area contributed by atoms with Gasteiger partial charge in [-0.15, -0.1) is 0 Å². The van der Waals surface area contributed by atoms with Crippen LogP contribution in [0.15, 0.2) is 42.5 Å². The maximum Gasteiger partial charge on any atom is 0.387 e. The van der Waals surface area contributed by atoms with Gasteiger partial charge in [-0.25, -0.2) is 9.18 Å². The fraction of sp³-hybridized carbons (Fsp3) is 0.222. The van der Waals surface area contributed by atoms with Gasteiger partial charge in [0.1, 0.15) is 11.6 Å². The smallest absolute Gasteiger partial charge is 0.387 e. The molecule has 0 unspecified atom stereocenters. The molecule has 138 valence electrons. The summed E-state index contributed by atoms with van der Waals surface area (Å²) in [5.74, 6) is -2.44. The third-order valence-electron chi connectivity index (χ3n) is 3.42. The Morgan fingerprint density at radius 1 is 1.12 bits per heavy atom. The lowest BCUT2D eigenvalue weighted by atomic mass is 10.1. The number of anilines is 1. The number of para-hydroxylation sites is 2. The molecular formula is C18H16F3NO4. The van der Waals surface area contributed by atoms with E-state index in [2.05, 4.69) is 10.1 Å². The molecular weight excluding hydrogens is 351 g/mol. The molecule has 2 aromatic rings. The molecule has 1 N–H and O–H groups in total. The van der Waals surface area contributed by atoms with Crippen molar-refractivity contribution in [3.8, 4) is 5.75 Å². The Morgan fingerprint density at radius 3 is 2.46 bits per heavy atom. The maximum absolute atomic E-state index is 13.5. The second-order valence-electron chi connectivity index (χ2n) is 5.38. The highest BCUT2D eigenvalue weighted by Crippen LogP contribution is 2.25. The molecule has 5 nitrogen and oxygen atoms in total. The summed E-state index contributed by atoms with van der Waals surface area (Å²) < 4.78 is 47.6. The van der Waals surface area contributed by atoms with Gasteiger partial charge in [0.05, 0.1) is 11.3 Å². The molecule has 2 rings (SSSR count). The first-order valence-corrected chi connectivity index (χ1v) is 7.59. The van der Waals surface area contributed by atoms with Crippen LogP contribution in [0, 0.1) is 12.7 Å². The molecule has 1 atom stereocenters. The molecule has 0 saturated heterocycles. The summed E-state index contributed by atoms with van der Waals surface area (Å²) in [5.41, 5.74) is 0.319. The van der Waals surface area contributed by atoms with Gasteiger partial charge in [0.2, 0.25) is 0 Å². The highest BCUT2D eigenvalue weighted by atomic mass is 19.3. The molecule has 8 heteroatoms. The Bertz CT molecular complexity index is 811. The van der Waals surface area contributed by atoms with Gasteiger partial charge in [0.25, 0.3) is 5.91 Å². The fourth-order valence-electron chi connectivity index (χ4n) is 2.00. The second kappa shape index (κ2) is 8.37. The number of halogens is 3. The molecule has 0 aliphatic rings. The lowest BCUT2D eigenvalue weighted by Crippen LogP contribution is -2.30. The van der Waals surface area contributed by atoms with Crippen LogP contribution in [0.25, 0.3) is 0 Å². The predicted molar refractivity (Wildman–Crippen MR) is 87.7 cm³/mol. The van der Waals surface area contributed by atoms with Crippen molar-refractivity contribution in [2.24, 2.45) is 0 Å². The van der Waals surface area contributed by atoms with Crippen molar-refractivity contribution in [3.05, 3.63) is 59.4 Å².